The van der Waals surface area contributed by atoms with E-state index >= 15 is 0 Å². The molecule has 23 heavy (non-hydrogen) atoms. The van der Waals surface area contributed by atoms with Gasteiger partial charge in [0.15, 0.2) is 0 Å². The third-order valence-corrected chi connectivity index (χ3v) is 5.04. The van der Waals surface area contributed by atoms with E-state index in [9.17, 15) is 0 Å². The highest BCUT2D eigenvalue weighted by molar-refractivity contribution is 7.98. The highest BCUT2D eigenvalue weighted by Gasteiger charge is 2.20. The van der Waals surface area contributed by atoms with Gasteiger partial charge in [-0.15, -0.1) is 11.8 Å². The molecule has 0 saturated carbocycles. The molecule has 120 valence electrons. The van der Waals surface area contributed by atoms with E-state index in [-0.39, 0.29) is 0 Å². The standard InChI is InChI=1S/C20H23NOS/c1-21-14-5-7-16-6-3-4-8-19(16)20(21)13-15-22-17-9-11-18(23-2)12-10-17/h3-12,20H,13-15H2,1-2H3. The molecule has 0 spiro atoms. The molecule has 1 aliphatic rings. The summed E-state index contributed by atoms with van der Waals surface area (Å²) in [5.41, 5.74) is 2.72. The van der Waals surface area contributed by atoms with Crippen LogP contribution < -0.4 is 4.74 Å². The number of nitrogens with zero attached hydrogens (tertiary/aromatic N) is 1. The van der Waals surface area contributed by atoms with E-state index in [4.69, 9.17) is 4.74 Å². The Kier molecular flexibility index (Phi) is 5.42. The average Bonchev–Trinajstić information content (AvgIpc) is 2.75. The summed E-state index contributed by atoms with van der Waals surface area (Å²) in [7, 11) is 2.18. The second-order valence-electron chi connectivity index (χ2n) is 5.80. The van der Waals surface area contributed by atoms with Crippen LogP contribution in [0.5, 0.6) is 5.75 Å². The van der Waals surface area contributed by atoms with Gasteiger partial charge < -0.3 is 4.74 Å². The van der Waals surface area contributed by atoms with Crippen LogP contribution in [0.4, 0.5) is 0 Å². The van der Waals surface area contributed by atoms with Crippen LogP contribution in [0, 0.1) is 0 Å². The number of hydrogen-bond donors (Lipinski definition) is 0. The smallest absolute Gasteiger partial charge is 0.119 e. The summed E-state index contributed by atoms with van der Waals surface area (Å²) in [6, 6.07) is 17.4. The van der Waals surface area contributed by atoms with Crippen molar-refractivity contribution in [3.8, 4) is 5.75 Å². The molecule has 1 heterocycles. The Balaban J connectivity index is 1.65. The maximum Gasteiger partial charge on any atom is 0.119 e. The number of likely N-dealkylation sites (N-methyl/N-ethyl adjacent to an activating group) is 1. The lowest BCUT2D eigenvalue weighted by Crippen LogP contribution is -2.25. The zero-order chi connectivity index (χ0) is 16.1. The van der Waals surface area contributed by atoms with Gasteiger partial charge in [-0.2, -0.15) is 0 Å². The van der Waals surface area contributed by atoms with Crippen LogP contribution in [0.2, 0.25) is 0 Å². The van der Waals surface area contributed by atoms with Gasteiger partial charge in [-0.1, -0.05) is 36.4 Å². The molecule has 0 aliphatic carbocycles. The molecular weight excluding hydrogens is 302 g/mol. The number of fused-ring (bicyclic) bond motifs is 1. The quantitative estimate of drug-likeness (QED) is 0.727. The largest absolute Gasteiger partial charge is 0.494 e. The van der Waals surface area contributed by atoms with Gasteiger partial charge in [0.25, 0.3) is 0 Å². The Labute approximate surface area is 143 Å². The van der Waals surface area contributed by atoms with Gasteiger partial charge in [-0.3, -0.25) is 4.90 Å². The van der Waals surface area contributed by atoms with Gasteiger partial charge in [-0.25, -0.2) is 0 Å². The molecule has 0 N–H and O–H groups in total. The van der Waals surface area contributed by atoms with E-state index in [0.29, 0.717) is 6.04 Å². The van der Waals surface area contributed by atoms with Gasteiger partial charge in [0.1, 0.15) is 5.75 Å². The van der Waals surface area contributed by atoms with Crippen molar-refractivity contribution in [3.05, 3.63) is 65.7 Å². The maximum atomic E-state index is 5.96. The van der Waals surface area contributed by atoms with Gasteiger partial charge in [-0.05, 0) is 48.7 Å². The van der Waals surface area contributed by atoms with Crippen molar-refractivity contribution < 1.29 is 4.74 Å². The van der Waals surface area contributed by atoms with Crippen molar-refractivity contribution >= 4 is 17.8 Å². The predicted molar refractivity (Wildman–Crippen MR) is 99.2 cm³/mol. The Morgan fingerprint density at radius 1 is 1.13 bits per heavy atom. The van der Waals surface area contributed by atoms with Crippen LogP contribution >= 0.6 is 11.8 Å². The van der Waals surface area contributed by atoms with Gasteiger partial charge in [0.2, 0.25) is 0 Å². The summed E-state index contributed by atoms with van der Waals surface area (Å²) in [5.74, 6) is 0.950. The first-order valence-electron chi connectivity index (χ1n) is 8.00. The second kappa shape index (κ2) is 7.71. The minimum absolute atomic E-state index is 0.395. The Morgan fingerprint density at radius 3 is 2.70 bits per heavy atom. The molecule has 3 rings (SSSR count). The zero-order valence-electron chi connectivity index (χ0n) is 13.7. The van der Waals surface area contributed by atoms with Crippen molar-refractivity contribution in [1.82, 2.24) is 4.90 Å². The topological polar surface area (TPSA) is 12.5 Å². The van der Waals surface area contributed by atoms with Gasteiger partial charge >= 0.3 is 0 Å². The first-order chi connectivity index (χ1) is 11.3. The molecule has 3 heteroatoms. The number of ether oxygens (including phenoxy) is 1. The second-order valence-corrected chi connectivity index (χ2v) is 6.68. The SMILES string of the molecule is CSc1ccc(OCCC2c3ccccc3C=CCN2C)cc1. The molecule has 2 aromatic rings. The van der Waals surface area contributed by atoms with Crippen molar-refractivity contribution in [2.75, 3.05) is 26.5 Å². The van der Waals surface area contributed by atoms with Crippen LogP contribution in [-0.4, -0.2) is 31.4 Å². The molecule has 1 atom stereocenters. The molecular formula is C20H23NOS. The molecule has 2 aromatic carbocycles. The molecule has 0 saturated heterocycles. The molecule has 0 aromatic heterocycles. The first-order valence-corrected chi connectivity index (χ1v) is 9.23. The molecule has 0 amide bonds. The van der Waals surface area contributed by atoms with E-state index in [1.807, 2.05) is 0 Å². The summed E-state index contributed by atoms with van der Waals surface area (Å²) >= 11 is 1.75. The van der Waals surface area contributed by atoms with Crippen molar-refractivity contribution in [3.63, 3.8) is 0 Å². The van der Waals surface area contributed by atoms with E-state index in [2.05, 4.69) is 78.9 Å². The number of hydrogen-bond acceptors (Lipinski definition) is 3. The zero-order valence-corrected chi connectivity index (χ0v) is 14.6. The van der Waals surface area contributed by atoms with Crippen LogP contribution in [0.25, 0.3) is 6.08 Å². The molecule has 0 bridgehead atoms. The third kappa shape index (κ3) is 3.98. The third-order valence-electron chi connectivity index (χ3n) is 4.30. The first kappa shape index (κ1) is 16.2. The number of rotatable bonds is 5. The van der Waals surface area contributed by atoms with Gasteiger partial charge in [0, 0.05) is 23.9 Å². The van der Waals surface area contributed by atoms with E-state index in [0.717, 1.165) is 25.3 Å². The summed E-state index contributed by atoms with van der Waals surface area (Å²) in [6.45, 7) is 1.70. The lowest BCUT2D eigenvalue weighted by atomic mass is 9.98. The fourth-order valence-corrected chi connectivity index (χ4v) is 3.42. The normalized spacial score (nSPS) is 17.6. The summed E-state index contributed by atoms with van der Waals surface area (Å²) in [5, 5.41) is 0. The minimum Gasteiger partial charge on any atom is -0.494 e. The van der Waals surface area contributed by atoms with Crippen LogP contribution in [-0.2, 0) is 0 Å². The Morgan fingerprint density at radius 2 is 1.91 bits per heavy atom. The number of benzene rings is 2. The molecule has 2 nitrogen and oxygen atoms in total. The lowest BCUT2D eigenvalue weighted by molar-refractivity contribution is 0.210. The fraction of sp³-hybridized carbons (Fsp3) is 0.300. The summed E-state index contributed by atoms with van der Waals surface area (Å²) in [6.07, 6.45) is 7.54. The fourth-order valence-electron chi connectivity index (χ4n) is 3.01. The van der Waals surface area contributed by atoms with Crippen molar-refractivity contribution in [2.45, 2.75) is 17.4 Å². The van der Waals surface area contributed by atoms with Crippen molar-refractivity contribution in [1.29, 1.82) is 0 Å². The van der Waals surface area contributed by atoms with E-state index in [1.165, 1.54) is 16.0 Å². The van der Waals surface area contributed by atoms with Crippen molar-refractivity contribution in [2.24, 2.45) is 0 Å². The van der Waals surface area contributed by atoms with Crippen LogP contribution in [0.15, 0.2) is 59.5 Å². The highest BCUT2D eigenvalue weighted by Crippen LogP contribution is 2.29. The van der Waals surface area contributed by atoms with Crippen LogP contribution in [0.1, 0.15) is 23.6 Å². The molecule has 0 fully saturated rings. The Hall–Kier alpha value is -1.71. The molecule has 1 aliphatic heterocycles. The van der Waals surface area contributed by atoms with Crippen LogP contribution in [0.3, 0.4) is 0 Å². The minimum atomic E-state index is 0.395. The molecule has 1 unspecified atom stereocenters. The van der Waals surface area contributed by atoms with E-state index in [1.54, 1.807) is 11.8 Å². The summed E-state index contributed by atoms with van der Waals surface area (Å²) < 4.78 is 5.96. The maximum absolute atomic E-state index is 5.96. The lowest BCUT2D eigenvalue weighted by Gasteiger charge is -2.27. The summed E-state index contributed by atoms with van der Waals surface area (Å²) in [4.78, 5) is 3.66. The monoisotopic (exact) mass is 325 g/mol. The predicted octanol–water partition coefficient (Wildman–Crippen LogP) is 4.88. The van der Waals surface area contributed by atoms with E-state index < -0.39 is 0 Å². The Bertz CT molecular complexity index is 666. The molecule has 0 radical (unpaired) electrons. The average molecular weight is 325 g/mol. The number of thioether (sulfide) groups is 1. The van der Waals surface area contributed by atoms with Gasteiger partial charge in [0.05, 0.1) is 6.61 Å². The highest BCUT2D eigenvalue weighted by atomic mass is 32.2.